The SMILES string of the molecule is COc1ccc([N+](=O)[O-])cc1C(=O)NNC(=S)Nc1cccc(C)c1C. The summed E-state index contributed by atoms with van der Waals surface area (Å²) in [6.07, 6.45) is 0. The lowest BCUT2D eigenvalue weighted by atomic mass is 10.1. The molecule has 0 atom stereocenters. The van der Waals surface area contributed by atoms with Crippen molar-refractivity contribution in [1.82, 2.24) is 10.9 Å². The number of carbonyl (C=O) groups is 1. The standard InChI is InChI=1S/C17H18N4O4S/c1-10-5-4-6-14(11(10)2)18-17(26)20-19-16(22)13-9-12(21(23)24)7-8-15(13)25-3/h4-9H,1-3H3,(H,19,22)(H2,18,20,26). The van der Waals surface area contributed by atoms with Crippen LogP contribution in [0.15, 0.2) is 36.4 Å². The van der Waals surface area contributed by atoms with Crippen LogP contribution in [0.25, 0.3) is 0 Å². The van der Waals surface area contributed by atoms with Crippen LogP contribution in [-0.4, -0.2) is 23.1 Å². The number of aryl methyl sites for hydroxylation is 1. The van der Waals surface area contributed by atoms with Gasteiger partial charge < -0.3 is 10.1 Å². The Morgan fingerprint density at radius 3 is 2.58 bits per heavy atom. The molecular weight excluding hydrogens is 356 g/mol. The Balaban J connectivity index is 2.06. The third-order valence-corrected chi connectivity index (χ3v) is 3.99. The number of methoxy groups -OCH3 is 1. The zero-order valence-corrected chi connectivity index (χ0v) is 15.3. The molecule has 0 aliphatic rings. The van der Waals surface area contributed by atoms with E-state index in [1.165, 1.54) is 19.2 Å². The number of nitro benzene ring substituents is 1. The fourth-order valence-corrected chi connectivity index (χ4v) is 2.37. The fourth-order valence-electron chi connectivity index (χ4n) is 2.21. The number of anilines is 1. The van der Waals surface area contributed by atoms with E-state index >= 15 is 0 Å². The van der Waals surface area contributed by atoms with Crippen molar-refractivity contribution < 1.29 is 14.5 Å². The molecule has 0 bridgehead atoms. The summed E-state index contributed by atoms with van der Waals surface area (Å²) in [6.45, 7) is 3.93. The molecule has 26 heavy (non-hydrogen) atoms. The molecule has 9 heteroatoms. The van der Waals surface area contributed by atoms with Crippen LogP contribution in [-0.2, 0) is 0 Å². The number of carbonyl (C=O) groups excluding carboxylic acids is 1. The van der Waals surface area contributed by atoms with Crippen molar-refractivity contribution in [1.29, 1.82) is 0 Å². The summed E-state index contributed by atoms with van der Waals surface area (Å²) in [6, 6.07) is 9.49. The minimum Gasteiger partial charge on any atom is -0.496 e. The van der Waals surface area contributed by atoms with Crippen molar-refractivity contribution in [3.63, 3.8) is 0 Å². The number of nitrogens with one attached hydrogen (secondary N) is 3. The van der Waals surface area contributed by atoms with E-state index in [-0.39, 0.29) is 22.1 Å². The van der Waals surface area contributed by atoms with Crippen LogP contribution in [0, 0.1) is 24.0 Å². The number of ether oxygens (including phenoxy) is 1. The van der Waals surface area contributed by atoms with E-state index in [9.17, 15) is 14.9 Å². The van der Waals surface area contributed by atoms with Gasteiger partial charge >= 0.3 is 0 Å². The largest absolute Gasteiger partial charge is 0.496 e. The van der Waals surface area contributed by atoms with Crippen LogP contribution < -0.4 is 20.9 Å². The molecule has 8 nitrogen and oxygen atoms in total. The fraction of sp³-hybridized carbons (Fsp3) is 0.176. The minimum atomic E-state index is -0.615. The molecule has 2 aromatic carbocycles. The van der Waals surface area contributed by atoms with Gasteiger partial charge in [-0.25, -0.2) is 0 Å². The maximum absolute atomic E-state index is 12.3. The summed E-state index contributed by atoms with van der Waals surface area (Å²) in [4.78, 5) is 22.6. The van der Waals surface area contributed by atoms with E-state index in [2.05, 4.69) is 16.2 Å². The molecule has 0 heterocycles. The van der Waals surface area contributed by atoms with E-state index in [4.69, 9.17) is 17.0 Å². The maximum atomic E-state index is 12.3. The second kappa shape index (κ2) is 8.26. The second-order valence-electron chi connectivity index (χ2n) is 5.42. The molecule has 0 aliphatic carbocycles. The van der Waals surface area contributed by atoms with Crippen LogP contribution in [0.4, 0.5) is 11.4 Å². The number of nitrogens with zero attached hydrogens (tertiary/aromatic N) is 1. The number of nitro groups is 1. The van der Waals surface area contributed by atoms with Crippen molar-refractivity contribution in [2.75, 3.05) is 12.4 Å². The third kappa shape index (κ3) is 4.45. The smallest absolute Gasteiger partial charge is 0.273 e. The summed E-state index contributed by atoms with van der Waals surface area (Å²) in [7, 11) is 1.37. The van der Waals surface area contributed by atoms with Crippen LogP contribution in [0.3, 0.4) is 0 Å². The third-order valence-electron chi connectivity index (χ3n) is 3.78. The van der Waals surface area contributed by atoms with Crippen LogP contribution in [0.5, 0.6) is 5.75 Å². The number of hydrazine groups is 1. The highest BCUT2D eigenvalue weighted by Gasteiger charge is 2.17. The first-order chi connectivity index (χ1) is 12.3. The average Bonchev–Trinajstić information content (AvgIpc) is 2.62. The zero-order chi connectivity index (χ0) is 19.3. The molecule has 136 valence electrons. The van der Waals surface area contributed by atoms with Crippen molar-refractivity contribution in [2.45, 2.75) is 13.8 Å². The van der Waals surface area contributed by atoms with E-state index in [0.29, 0.717) is 0 Å². The Labute approximate surface area is 155 Å². The Kier molecular flexibility index (Phi) is 6.07. The molecule has 0 saturated carbocycles. The molecule has 0 radical (unpaired) electrons. The van der Waals surface area contributed by atoms with Gasteiger partial charge in [-0.1, -0.05) is 12.1 Å². The van der Waals surface area contributed by atoms with Gasteiger partial charge in [-0.3, -0.25) is 25.8 Å². The van der Waals surface area contributed by atoms with Crippen LogP contribution in [0.1, 0.15) is 21.5 Å². The van der Waals surface area contributed by atoms with Crippen molar-refractivity contribution in [2.24, 2.45) is 0 Å². The van der Waals surface area contributed by atoms with Gasteiger partial charge in [-0.2, -0.15) is 0 Å². The van der Waals surface area contributed by atoms with Crippen LogP contribution >= 0.6 is 12.2 Å². The summed E-state index contributed by atoms with van der Waals surface area (Å²) in [5, 5.41) is 14.1. The average molecular weight is 374 g/mol. The highest BCUT2D eigenvalue weighted by atomic mass is 32.1. The van der Waals surface area contributed by atoms with Gasteiger partial charge in [0.15, 0.2) is 5.11 Å². The predicted octanol–water partition coefficient (Wildman–Crippen LogP) is 2.85. The molecule has 0 fully saturated rings. The maximum Gasteiger partial charge on any atom is 0.273 e. The zero-order valence-electron chi connectivity index (χ0n) is 14.5. The van der Waals surface area contributed by atoms with E-state index < -0.39 is 10.8 Å². The van der Waals surface area contributed by atoms with Gasteiger partial charge in [0.1, 0.15) is 5.75 Å². The van der Waals surface area contributed by atoms with Crippen molar-refractivity contribution >= 4 is 34.6 Å². The Morgan fingerprint density at radius 2 is 1.92 bits per heavy atom. The molecule has 0 aromatic heterocycles. The number of rotatable bonds is 4. The number of amides is 1. The Morgan fingerprint density at radius 1 is 1.19 bits per heavy atom. The summed E-state index contributed by atoms with van der Waals surface area (Å²) in [5.41, 5.74) is 7.71. The van der Waals surface area contributed by atoms with Crippen molar-refractivity contribution in [3.8, 4) is 5.75 Å². The van der Waals surface area contributed by atoms with E-state index in [1.807, 2.05) is 32.0 Å². The minimum absolute atomic E-state index is 0.0173. The summed E-state index contributed by atoms with van der Waals surface area (Å²) >= 11 is 5.16. The highest BCUT2D eigenvalue weighted by molar-refractivity contribution is 7.80. The highest BCUT2D eigenvalue weighted by Crippen LogP contribution is 2.23. The molecule has 2 rings (SSSR count). The first-order valence-corrected chi connectivity index (χ1v) is 8.00. The van der Waals surface area contributed by atoms with Crippen LogP contribution in [0.2, 0.25) is 0 Å². The number of non-ortho nitro benzene ring substituents is 1. The van der Waals surface area contributed by atoms with E-state index in [1.54, 1.807) is 0 Å². The van der Waals surface area contributed by atoms with Gasteiger partial charge in [0.05, 0.1) is 17.6 Å². The molecule has 0 aliphatic heterocycles. The first-order valence-electron chi connectivity index (χ1n) is 7.59. The summed E-state index contributed by atoms with van der Waals surface area (Å²) in [5.74, 6) is -0.404. The predicted molar refractivity (Wildman–Crippen MR) is 102 cm³/mol. The normalized spacial score (nSPS) is 9.96. The monoisotopic (exact) mass is 374 g/mol. The lowest BCUT2D eigenvalue weighted by Crippen LogP contribution is -2.44. The molecule has 0 spiro atoms. The lowest BCUT2D eigenvalue weighted by Gasteiger charge is -2.15. The number of hydrogen-bond acceptors (Lipinski definition) is 5. The topological polar surface area (TPSA) is 106 Å². The van der Waals surface area contributed by atoms with Gasteiger partial charge in [-0.15, -0.1) is 0 Å². The molecule has 3 N–H and O–H groups in total. The molecular formula is C17H18N4O4S. The number of benzene rings is 2. The number of hydrogen-bond donors (Lipinski definition) is 3. The van der Waals surface area contributed by atoms with E-state index in [0.717, 1.165) is 22.9 Å². The van der Waals surface area contributed by atoms with Gasteiger partial charge in [0, 0.05) is 17.8 Å². The lowest BCUT2D eigenvalue weighted by molar-refractivity contribution is -0.384. The van der Waals surface area contributed by atoms with Gasteiger partial charge in [0.25, 0.3) is 11.6 Å². The quantitative estimate of drug-likeness (QED) is 0.429. The Bertz CT molecular complexity index is 870. The molecule has 1 amide bonds. The van der Waals surface area contributed by atoms with Gasteiger partial charge in [0.2, 0.25) is 0 Å². The molecule has 0 unspecified atom stereocenters. The first kappa shape index (κ1) is 19.1. The Hall–Kier alpha value is -3.20. The molecule has 0 saturated heterocycles. The van der Waals surface area contributed by atoms with Gasteiger partial charge in [-0.05, 0) is 49.3 Å². The van der Waals surface area contributed by atoms with Crippen molar-refractivity contribution in [3.05, 3.63) is 63.2 Å². The molecule has 2 aromatic rings. The summed E-state index contributed by atoms with van der Waals surface area (Å²) < 4.78 is 5.07. The number of thiocarbonyl (C=S) groups is 1. The second-order valence-corrected chi connectivity index (χ2v) is 5.83.